The van der Waals surface area contributed by atoms with Crippen molar-refractivity contribution < 1.29 is 10.0 Å². The molecule has 2 rings (SSSR count). The van der Waals surface area contributed by atoms with E-state index in [1.54, 1.807) is 12.1 Å². The number of thiocarbonyl (C=S) groups is 1. The number of rotatable bonds is 4. The van der Waals surface area contributed by atoms with Gasteiger partial charge < -0.3 is 10.4 Å². The molecule has 0 unspecified atom stereocenters. The van der Waals surface area contributed by atoms with Gasteiger partial charge in [0, 0.05) is 24.2 Å². The smallest absolute Gasteiger partial charge is 0.270 e. The van der Waals surface area contributed by atoms with E-state index in [-0.39, 0.29) is 22.6 Å². The first-order valence-corrected chi connectivity index (χ1v) is 8.22. The van der Waals surface area contributed by atoms with Gasteiger partial charge in [-0.3, -0.25) is 10.1 Å². The molecule has 1 aliphatic carbocycles. The van der Waals surface area contributed by atoms with Gasteiger partial charge in [-0.2, -0.15) is 0 Å². The predicted molar refractivity (Wildman–Crippen MR) is 94.5 cm³/mol. The monoisotopic (exact) mass is 336 g/mol. The maximum absolute atomic E-state index is 10.9. The molecule has 126 valence electrons. The van der Waals surface area contributed by atoms with Crippen LogP contribution in [0.25, 0.3) is 0 Å². The lowest BCUT2D eigenvalue weighted by atomic mass is 9.63. The van der Waals surface area contributed by atoms with E-state index < -0.39 is 4.92 Å². The first-order chi connectivity index (χ1) is 10.6. The van der Waals surface area contributed by atoms with Crippen LogP contribution >= 0.6 is 12.2 Å². The van der Waals surface area contributed by atoms with Crippen molar-refractivity contribution in [2.24, 2.45) is 10.8 Å². The zero-order chi connectivity index (χ0) is 17.3. The van der Waals surface area contributed by atoms with Crippen LogP contribution in [-0.4, -0.2) is 27.7 Å². The van der Waals surface area contributed by atoms with Crippen molar-refractivity contribution in [2.75, 3.05) is 6.54 Å². The Bertz CT molecular complexity index is 618. The first-order valence-electron chi connectivity index (χ1n) is 7.81. The molecule has 5 nitrogen and oxygen atoms in total. The second-order valence-corrected chi connectivity index (χ2v) is 8.11. The fourth-order valence-corrected chi connectivity index (χ4v) is 4.07. The molecule has 0 spiro atoms. The molecule has 0 radical (unpaired) electrons. The summed E-state index contributed by atoms with van der Waals surface area (Å²) in [6.07, 6.45) is 2.26. The van der Waals surface area contributed by atoms with Gasteiger partial charge >= 0.3 is 0 Å². The molecular weight excluding hydrogens is 312 g/mol. The zero-order valence-corrected chi connectivity index (χ0v) is 14.7. The first kappa shape index (κ1) is 17.8. The Kier molecular flexibility index (Phi) is 5.06. The highest BCUT2D eigenvalue weighted by molar-refractivity contribution is 7.80. The Labute approximate surface area is 142 Å². The highest BCUT2D eigenvalue weighted by Gasteiger charge is 2.40. The Balaban J connectivity index is 2.03. The van der Waals surface area contributed by atoms with Crippen LogP contribution in [0.4, 0.5) is 5.69 Å². The van der Waals surface area contributed by atoms with Gasteiger partial charge in [-0.25, -0.2) is 0 Å². The van der Waals surface area contributed by atoms with Gasteiger partial charge in [-0.1, -0.05) is 45.1 Å². The number of nitrogens with zero attached hydrogens (tertiary/aromatic N) is 1. The maximum Gasteiger partial charge on any atom is 0.270 e. The van der Waals surface area contributed by atoms with Gasteiger partial charge in [0.2, 0.25) is 0 Å². The largest absolute Gasteiger partial charge is 0.393 e. The topological polar surface area (TPSA) is 75.4 Å². The molecule has 1 aliphatic rings. The molecule has 0 aromatic heterocycles. The van der Waals surface area contributed by atoms with E-state index in [1.165, 1.54) is 12.1 Å². The van der Waals surface area contributed by atoms with Gasteiger partial charge in [-0.15, -0.1) is 0 Å². The predicted octanol–water partition coefficient (Wildman–Crippen LogP) is 3.44. The average molecular weight is 336 g/mol. The van der Waals surface area contributed by atoms with E-state index in [4.69, 9.17) is 12.2 Å². The summed E-state index contributed by atoms with van der Waals surface area (Å²) in [5.41, 5.74) is 0.730. The number of nitro groups is 1. The number of aliphatic hydroxyl groups excluding tert-OH is 1. The summed E-state index contributed by atoms with van der Waals surface area (Å²) in [5, 5.41) is 24.2. The molecule has 2 atom stereocenters. The van der Waals surface area contributed by atoms with Crippen molar-refractivity contribution in [3.63, 3.8) is 0 Å². The molecular formula is C17H24N2O3S. The fraction of sp³-hybridized carbons (Fsp3) is 0.588. The SMILES string of the molecule is CC1(C)C[C@@H](O)C[C@](C)(CNC(=S)c2cccc([N+](=O)[O-])c2)C1. The van der Waals surface area contributed by atoms with Gasteiger partial charge in [0.1, 0.15) is 4.99 Å². The minimum Gasteiger partial charge on any atom is -0.393 e. The second kappa shape index (κ2) is 6.53. The second-order valence-electron chi connectivity index (χ2n) is 7.70. The van der Waals surface area contributed by atoms with Crippen molar-refractivity contribution in [1.29, 1.82) is 0 Å². The molecule has 2 N–H and O–H groups in total. The summed E-state index contributed by atoms with van der Waals surface area (Å²) in [7, 11) is 0. The van der Waals surface area contributed by atoms with E-state index in [0.29, 0.717) is 17.1 Å². The Morgan fingerprint density at radius 1 is 1.43 bits per heavy atom. The van der Waals surface area contributed by atoms with E-state index >= 15 is 0 Å². The van der Waals surface area contributed by atoms with E-state index in [0.717, 1.165) is 19.3 Å². The third-order valence-electron chi connectivity index (χ3n) is 4.42. The van der Waals surface area contributed by atoms with E-state index in [2.05, 4.69) is 26.1 Å². The van der Waals surface area contributed by atoms with Crippen LogP contribution in [0.5, 0.6) is 0 Å². The summed E-state index contributed by atoms with van der Waals surface area (Å²) in [6.45, 7) is 7.15. The number of non-ortho nitro benzene ring substituents is 1. The van der Waals surface area contributed by atoms with Crippen molar-refractivity contribution in [1.82, 2.24) is 5.32 Å². The number of hydrogen-bond donors (Lipinski definition) is 2. The van der Waals surface area contributed by atoms with Gasteiger partial charge in [0.05, 0.1) is 11.0 Å². The normalized spacial score (nSPS) is 26.5. The Hall–Kier alpha value is -1.53. The van der Waals surface area contributed by atoms with Crippen LogP contribution in [0.2, 0.25) is 0 Å². The molecule has 1 aromatic carbocycles. The molecule has 1 aromatic rings. The summed E-state index contributed by atoms with van der Waals surface area (Å²) < 4.78 is 0. The van der Waals surface area contributed by atoms with Gasteiger partial charge in [0.25, 0.3) is 5.69 Å². The molecule has 1 saturated carbocycles. The zero-order valence-electron chi connectivity index (χ0n) is 13.8. The summed E-state index contributed by atoms with van der Waals surface area (Å²) >= 11 is 5.38. The van der Waals surface area contributed by atoms with Crippen LogP contribution in [0.1, 0.15) is 45.6 Å². The number of hydrogen-bond acceptors (Lipinski definition) is 4. The maximum atomic E-state index is 10.9. The van der Waals surface area contributed by atoms with Crippen LogP contribution in [0, 0.1) is 20.9 Å². The standard InChI is InChI=1S/C17H24N2O3S/c1-16(2)8-14(20)9-17(3,10-16)11-18-15(23)12-5-4-6-13(7-12)19(21)22/h4-7,14,20H,8-11H2,1-3H3,(H,18,23)/t14-,17+/m1/s1. The summed E-state index contributed by atoms with van der Waals surface area (Å²) in [6, 6.07) is 6.34. The molecule has 0 aliphatic heterocycles. The van der Waals surface area contributed by atoms with Crippen molar-refractivity contribution in [3.05, 3.63) is 39.9 Å². The number of nitro benzene ring substituents is 1. The molecule has 23 heavy (non-hydrogen) atoms. The third kappa shape index (κ3) is 4.72. The fourth-order valence-electron chi connectivity index (χ4n) is 3.87. The lowest BCUT2D eigenvalue weighted by Gasteiger charge is -2.45. The molecule has 6 heteroatoms. The van der Waals surface area contributed by atoms with Crippen molar-refractivity contribution in [3.8, 4) is 0 Å². The van der Waals surface area contributed by atoms with Crippen LogP contribution in [-0.2, 0) is 0 Å². The summed E-state index contributed by atoms with van der Waals surface area (Å²) in [5.74, 6) is 0. The van der Waals surface area contributed by atoms with E-state index in [1.807, 2.05) is 0 Å². The van der Waals surface area contributed by atoms with E-state index in [9.17, 15) is 15.2 Å². The molecule has 0 amide bonds. The molecule has 0 saturated heterocycles. The van der Waals surface area contributed by atoms with Gasteiger partial charge in [0.15, 0.2) is 0 Å². The third-order valence-corrected chi connectivity index (χ3v) is 4.80. The highest BCUT2D eigenvalue weighted by atomic mass is 32.1. The number of aliphatic hydroxyl groups is 1. The van der Waals surface area contributed by atoms with Crippen LogP contribution < -0.4 is 5.32 Å². The van der Waals surface area contributed by atoms with Crippen LogP contribution in [0.3, 0.4) is 0 Å². The van der Waals surface area contributed by atoms with Crippen LogP contribution in [0.15, 0.2) is 24.3 Å². The quantitative estimate of drug-likeness (QED) is 0.500. The number of nitrogens with one attached hydrogen (secondary N) is 1. The lowest BCUT2D eigenvalue weighted by molar-refractivity contribution is -0.384. The minimum atomic E-state index is -0.423. The lowest BCUT2D eigenvalue weighted by Crippen LogP contribution is -2.45. The number of benzene rings is 1. The average Bonchev–Trinajstić information content (AvgIpc) is 2.42. The molecule has 1 fully saturated rings. The molecule has 0 bridgehead atoms. The van der Waals surface area contributed by atoms with Gasteiger partial charge in [-0.05, 0) is 30.1 Å². The van der Waals surface area contributed by atoms with Crippen molar-refractivity contribution in [2.45, 2.75) is 46.1 Å². The molecule has 0 heterocycles. The Morgan fingerprint density at radius 2 is 2.13 bits per heavy atom. The minimum absolute atomic E-state index is 0.0343. The Morgan fingerprint density at radius 3 is 2.74 bits per heavy atom. The summed E-state index contributed by atoms with van der Waals surface area (Å²) in [4.78, 5) is 10.9. The van der Waals surface area contributed by atoms with Crippen molar-refractivity contribution >= 4 is 22.9 Å². The highest BCUT2D eigenvalue weighted by Crippen LogP contribution is 2.45.